The second-order valence-electron chi connectivity index (χ2n) is 23.6. The molecule has 4 rings (SSSR count). The first-order valence-electron chi connectivity index (χ1n) is 21.9. The van der Waals surface area contributed by atoms with Crippen molar-refractivity contribution in [2.24, 2.45) is 11.8 Å². The van der Waals surface area contributed by atoms with E-state index in [-0.39, 0.29) is 23.9 Å². The van der Waals surface area contributed by atoms with Crippen LogP contribution in [-0.2, 0) is 38.1 Å². The van der Waals surface area contributed by atoms with Crippen LogP contribution in [0, 0.1) is 11.8 Å². The number of hydrogen-bond acceptors (Lipinski definition) is 15. The molecule has 0 amide bonds. The Bertz CT molecular complexity index is 1420. The molecule has 2 unspecified atom stereocenters. The summed E-state index contributed by atoms with van der Waals surface area (Å²) in [5.74, 6) is -6.13. The lowest BCUT2D eigenvalue weighted by atomic mass is 9.78. The van der Waals surface area contributed by atoms with Crippen molar-refractivity contribution in [1.82, 2.24) is 20.1 Å². The van der Waals surface area contributed by atoms with E-state index in [2.05, 4.69) is 32.6 Å². The summed E-state index contributed by atoms with van der Waals surface area (Å²) in [5, 5.41) is 36.6. The van der Waals surface area contributed by atoms with Gasteiger partial charge in [-0.05, 0) is 118 Å². The summed E-state index contributed by atoms with van der Waals surface area (Å²) >= 11 is 0. The van der Waals surface area contributed by atoms with E-state index < -0.39 is 106 Å². The average molecular weight is 853 g/mol. The summed E-state index contributed by atoms with van der Waals surface area (Å²) in [5.41, 5.74) is -5.16. The molecule has 60 heavy (non-hydrogen) atoms. The molecule has 0 aromatic rings. The van der Waals surface area contributed by atoms with E-state index in [0.29, 0.717) is 38.5 Å². The van der Waals surface area contributed by atoms with Crippen LogP contribution in [0.25, 0.3) is 0 Å². The molecule has 0 aromatic heterocycles. The number of carbonyl (C=O) groups is 4. The highest BCUT2D eigenvalue weighted by molar-refractivity contribution is 5.88. The van der Waals surface area contributed by atoms with Crippen LogP contribution in [0.15, 0.2) is 0 Å². The van der Waals surface area contributed by atoms with Gasteiger partial charge in [0.1, 0.15) is 24.4 Å². The van der Waals surface area contributed by atoms with Crippen molar-refractivity contribution >= 4 is 23.9 Å². The molecule has 15 heteroatoms. The zero-order chi connectivity index (χ0) is 46.0. The fourth-order valence-electron chi connectivity index (χ4n) is 11.3. The van der Waals surface area contributed by atoms with Gasteiger partial charge in [0.05, 0.1) is 24.7 Å². The predicted molar refractivity (Wildman–Crippen MR) is 224 cm³/mol. The van der Waals surface area contributed by atoms with Crippen LogP contribution >= 0.6 is 0 Å². The second kappa shape index (κ2) is 17.0. The summed E-state index contributed by atoms with van der Waals surface area (Å²) in [4.78, 5) is 60.0. The minimum atomic E-state index is -1.49. The van der Waals surface area contributed by atoms with E-state index in [0.717, 1.165) is 0 Å². The average Bonchev–Trinajstić information content (AvgIpc) is 3.04. The third kappa shape index (κ3) is 11.2. The Balaban J connectivity index is 1.72. The van der Waals surface area contributed by atoms with Crippen LogP contribution in [0.4, 0.5) is 0 Å². The SMILES string of the molecule is CN1C(C)(C)CC(OC(=O)C(CC(=O)OC2CC(C)(C)N(O)C(C)(C)C2)C(CC(=O)OC2CC(C)(C)N(O)C(C)(C)C2)C(=O)OC2CC(C)(C)N(O)C(C)(C)C2)CC1(C)C. The lowest BCUT2D eigenvalue weighted by Crippen LogP contribution is -2.61. The summed E-state index contributed by atoms with van der Waals surface area (Å²) in [7, 11) is 2.04. The van der Waals surface area contributed by atoms with E-state index in [1.54, 1.807) is 0 Å². The summed E-state index contributed by atoms with van der Waals surface area (Å²) in [6, 6.07) is 0. The molecule has 0 radical (unpaired) electrons. The van der Waals surface area contributed by atoms with Crippen molar-refractivity contribution in [2.45, 2.75) is 244 Å². The molecule has 0 spiro atoms. The van der Waals surface area contributed by atoms with Crippen LogP contribution in [0.3, 0.4) is 0 Å². The summed E-state index contributed by atoms with van der Waals surface area (Å²) in [6.45, 7) is 30.5. The molecule has 0 saturated carbocycles. The minimum Gasteiger partial charge on any atom is -0.462 e. The Morgan fingerprint density at radius 2 is 0.617 bits per heavy atom. The van der Waals surface area contributed by atoms with Crippen molar-refractivity contribution < 1.29 is 53.7 Å². The molecule has 0 bridgehead atoms. The fraction of sp³-hybridized carbons (Fsp3) is 0.911. The molecular formula is C45H80N4O11. The van der Waals surface area contributed by atoms with Crippen LogP contribution in [0.2, 0.25) is 0 Å². The molecule has 0 aliphatic carbocycles. The van der Waals surface area contributed by atoms with Crippen LogP contribution in [0.5, 0.6) is 0 Å². The number of hydroxylamine groups is 6. The summed E-state index contributed by atoms with van der Waals surface area (Å²) in [6.07, 6.45) is -0.805. The van der Waals surface area contributed by atoms with E-state index in [9.17, 15) is 34.8 Å². The zero-order valence-electron chi connectivity index (χ0n) is 39.9. The van der Waals surface area contributed by atoms with E-state index in [1.165, 1.54) is 15.2 Å². The topological polar surface area (TPSA) is 179 Å². The third-order valence-corrected chi connectivity index (χ3v) is 14.1. The van der Waals surface area contributed by atoms with Gasteiger partial charge in [-0.3, -0.25) is 24.1 Å². The second-order valence-corrected chi connectivity index (χ2v) is 23.6. The standard InChI is InChI=1S/C45H80N4O11/c1-38(2)20-30(21-39(3,4)46(38)17)59-36(52)32(18-34(50)57-28-22-40(5,6)47(54)41(7,8)23-28)33(37(53)60-31-26-44(13,14)49(56)45(15,16)27-31)19-35(51)58-29-24-42(9,10)48(55)43(11,12)25-29/h28-33,54-56H,18-27H2,1-17H3. The van der Waals surface area contributed by atoms with Gasteiger partial charge in [0.25, 0.3) is 0 Å². The lowest BCUT2D eigenvalue weighted by Gasteiger charge is -2.53. The lowest BCUT2D eigenvalue weighted by molar-refractivity contribution is -0.261. The van der Waals surface area contributed by atoms with Gasteiger partial charge in [0, 0.05) is 95.7 Å². The molecule has 4 heterocycles. The highest BCUT2D eigenvalue weighted by Gasteiger charge is 2.52. The van der Waals surface area contributed by atoms with Crippen molar-refractivity contribution in [2.75, 3.05) is 7.05 Å². The number of ether oxygens (including phenoxy) is 4. The Kier molecular flexibility index (Phi) is 14.2. The number of hydrogen-bond donors (Lipinski definition) is 3. The Labute approximate surface area is 359 Å². The van der Waals surface area contributed by atoms with Gasteiger partial charge >= 0.3 is 23.9 Å². The monoisotopic (exact) mass is 853 g/mol. The third-order valence-electron chi connectivity index (χ3n) is 14.1. The maximum absolute atomic E-state index is 14.7. The van der Waals surface area contributed by atoms with E-state index >= 15 is 0 Å². The zero-order valence-corrected chi connectivity index (χ0v) is 39.9. The molecule has 4 aliphatic heterocycles. The van der Waals surface area contributed by atoms with Crippen molar-refractivity contribution in [1.29, 1.82) is 0 Å². The first-order valence-corrected chi connectivity index (χ1v) is 21.9. The van der Waals surface area contributed by atoms with E-state index in [1.807, 2.05) is 90.1 Å². The number of nitrogens with zero attached hydrogens (tertiary/aromatic N) is 4. The van der Waals surface area contributed by atoms with Gasteiger partial charge in [-0.2, -0.15) is 15.2 Å². The number of carbonyl (C=O) groups excluding carboxylic acids is 4. The number of likely N-dealkylation sites (tertiary alicyclic amines) is 1. The summed E-state index contributed by atoms with van der Waals surface area (Å²) < 4.78 is 24.7. The largest absolute Gasteiger partial charge is 0.462 e. The van der Waals surface area contributed by atoms with Crippen molar-refractivity contribution in [3.8, 4) is 0 Å². The van der Waals surface area contributed by atoms with Gasteiger partial charge < -0.3 is 34.6 Å². The number of piperidine rings is 4. The van der Waals surface area contributed by atoms with Crippen molar-refractivity contribution in [3.05, 3.63) is 0 Å². The molecular weight excluding hydrogens is 773 g/mol. The van der Waals surface area contributed by atoms with Gasteiger partial charge in [-0.15, -0.1) is 0 Å². The predicted octanol–water partition coefficient (Wildman–Crippen LogP) is 7.06. The molecule has 0 aromatic carbocycles. The molecule has 15 nitrogen and oxygen atoms in total. The van der Waals surface area contributed by atoms with Crippen LogP contribution in [-0.4, -0.2) is 135 Å². The van der Waals surface area contributed by atoms with E-state index in [4.69, 9.17) is 18.9 Å². The molecule has 4 aliphatic rings. The number of rotatable bonds is 11. The maximum atomic E-state index is 14.7. The molecule has 4 fully saturated rings. The highest BCUT2D eigenvalue weighted by Crippen LogP contribution is 2.43. The van der Waals surface area contributed by atoms with Crippen LogP contribution < -0.4 is 0 Å². The minimum absolute atomic E-state index is 0.270. The quantitative estimate of drug-likeness (QED) is 0.142. The molecule has 3 N–H and O–H groups in total. The normalized spacial score (nSPS) is 28.3. The first-order chi connectivity index (χ1) is 26.9. The van der Waals surface area contributed by atoms with Gasteiger partial charge in [-0.1, -0.05) is 0 Å². The molecule has 2 atom stereocenters. The Hall–Kier alpha value is -2.40. The van der Waals surface area contributed by atoms with Gasteiger partial charge in [0.15, 0.2) is 0 Å². The maximum Gasteiger partial charge on any atom is 0.310 e. The first kappa shape index (κ1) is 50.2. The smallest absolute Gasteiger partial charge is 0.310 e. The fourth-order valence-corrected chi connectivity index (χ4v) is 11.3. The van der Waals surface area contributed by atoms with Crippen LogP contribution in [0.1, 0.15) is 175 Å². The van der Waals surface area contributed by atoms with Crippen molar-refractivity contribution in [3.63, 3.8) is 0 Å². The molecule has 346 valence electrons. The van der Waals surface area contributed by atoms with Gasteiger partial charge in [0.2, 0.25) is 0 Å². The number of esters is 4. The van der Waals surface area contributed by atoms with Gasteiger partial charge in [-0.25, -0.2) is 0 Å². The Morgan fingerprint density at radius 3 is 0.850 bits per heavy atom. The molecule has 4 saturated heterocycles. The Morgan fingerprint density at radius 1 is 0.417 bits per heavy atom. The highest BCUT2D eigenvalue weighted by atomic mass is 16.6.